The zero-order valence-electron chi connectivity index (χ0n) is 20.5. The van der Waals surface area contributed by atoms with Crippen LogP contribution in [0.5, 0.6) is 0 Å². The molecule has 0 spiro atoms. The summed E-state index contributed by atoms with van der Waals surface area (Å²) in [5, 5.41) is 0.00745. The molecule has 184 valence electrons. The van der Waals surface area contributed by atoms with Gasteiger partial charge in [0.2, 0.25) is 0 Å². The van der Waals surface area contributed by atoms with Crippen molar-refractivity contribution in [2.75, 3.05) is 19.8 Å². The van der Waals surface area contributed by atoms with Crippen LogP contribution in [-0.4, -0.2) is 45.0 Å². The fourth-order valence-electron chi connectivity index (χ4n) is 3.44. The molecule has 2 amide bonds. The molecule has 2 atom stereocenters. The zero-order valence-corrected chi connectivity index (χ0v) is 21.5. The minimum atomic E-state index is -2.10. The van der Waals surface area contributed by atoms with Crippen LogP contribution in [0, 0.1) is 5.82 Å². The number of halogens is 1. The lowest BCUT2D eigenvalue weighted by molar-refractivity contribution is -0.132. The molecule has 6 nitrogen and oxygen atoms in total. The van der Waals surface area contributed by atoms with Gasteiger partial charge in [0.25, 0.3) is 5.91 Å². The van der Waals surface area contributed by atoms with Gasteiger partial charge in [-0.3, -0.25) is 4.79 Å². The second-order valence-corrected chi connectivity index (χ2v) is 14.8. The van der Waals surface area contributed by atoms with Crippen molar-refractivity contribution in [2.45, 2.75) is 57.5 Å². The highest BCUT2D eigenvalue weighted by Gasteiger charge is 2.40. The molecule has 0 N–H and O–H groups in total. The van der Waals surface area contributed by atoms with Crippen molar-refractivity contribution in [3.05, 3.63) is 71.5 Å². The molecule has 1 aliphatic rings. The first-order valence-corrected chi connectivity index (χ1v) is 14.5. The molecule has 0 aliphatic carbocycles. The highest BCUT2D eigenvalue weighted by atomic mass is 28.4. The second kappa shape index (κ2) is 10.8. The molecule has 0 bridgehead atoms. The highest BCUT2D eigenvalue weighted by Crippen LogP contribution is 2.40. The summed E-state index contributed by atoms with van der Waals surface area (Å²) in [6, 6.07) is 15.6. The molecule has 3 rings (SSSR count). The van der Waals surface area contributed by atoms with E-state index in [1.165, 1.54) is 12.1 Å². The van der Waals surface area contributed by atoms with Crippen molar-refractivity contribution in [3.63, 3.8) is 0 Å². The normalized spacial score (nSPS) is 17.5. The number of imide groups is 1. The van der Waals surface area contributed by atoms with E-state index in [4.69, 9.17) is 13.9 Å². The number of ether oxygens (including phenoxy) is 2. The van der Waals surface area contributed by atoms with Gasteiger partial charge in [0, 0.05) is 0 Å². The summed E-state index contributed by atoms with van der Waals surface area (Å²) in [4.78, 5) is 25.8. The summed E-state index contributed by atoms with van der Waals surface area (Å²) in [6.45, 7) is 11.0. The zero-order chi connectivity index (χ0) is 24.9. The van der Waals surface area contributed by atoms with Gasteiger partial charge in [0.1, 0.15) is 18.5 Å². The summed E-state index contributed by atoms with van der Waals surface area (Å²) < 4.78 is 31.0. The third-order valence-corrected chi connectivity index (χ3v) is 11.0. The van der Waals surface area contributed by atoms with Crippen LogP contribution in [0.2, 0.25) is 18.1 Å². The number of rotatable bonds is 9. The lowest BCUT2D eigenvalue weighted by atomic mass is 10.1. The van der Waals surface area contributed by atoms with Gasteiger partial charge in [-0.2, -0.15) is 0 Å². The average Bonchev–Trinajstić information content (AvgIpc) is 3.18. The van der Waals surface area contributed by atoms with E-state index < -0.39 is 26.4 Å². The molecule has 1 aliphatic heterocycles. The van der Waals surface area contributed by atoms with E-state index in [-0.39, 0.29) is 36.7 Å². The molecule has 34 heavy (non-hydrogen) atoms. The van der Waals surface area contributed by atoms with E-state index in [2.05, 4.69) is 33.9 Å². The van der Waals surface area contributed by atoms with Crippen LogP contribution in [0.1, 0.15) is 50.5 Å². The number of benzene rings is 2. The lowest BCUT2D eigenvalue weighted by Gasteiger charge is -2.39. The van der Waals surface area contributed by atoms with Crippen LogP contribution < -0.4 is 0 Å². The van der Waals surface area contributed by atoms with Crippen LogP contribution >= 0.6 is 0 Å². The summed E-state index contributed by atoms with van der Waals surface area (Å²) in [5.74, 6) is -0.741. The van der Waals surface area contributed by atoms with E-state index in [0.29, 0.717) is 6.42 Å². The molecule has 0 saturated carbocycles. The van der Waals surface area contributed by atoms with Crippen LogP contribution in [0.3, 0.4) is 0 Å². The van der Waals surface area contributed by atoms with E-state index in [1.54, 1.807) is 12.1 Å². The third-order valence-electron chi connectivity index (χ3n) is 6.52. The van der Waals surface area contributed by atoms with Gasteiger partial charge in [0.15, 0.2) is 8.32 Å². The maximum atomic E-state index is 13.5. The Balaban J connectivity index is 1.56. The Morgan fingerprint density at radius 3 is 2.41 bits per heavy atom. The molecule has 2 aromatic rings. The number of nitrogens with zero attached hydrogens (tertiary/aromatic N) is 1. The van der Waals surface area contributed by atoms with Crippen LogP contribution in [-0.2, 0) is 18.7 Å². The Bertz CT molecular complexity index is 975. The van der Waals surface area contributed by atoms with Crippen molar-refractivity contribution in [1.29, 1.82) is 0 Å². The smallest absolute Gasteiger partial charge is 0.417 e. The Labute approximate surface area is 202 Å². The number of cyclic esters (lactones) is 1. The summed E-state index contributed by atoms with van der Waals surface area (Å²) >= 11 is 0. The van der Waals surface area contributed by atoms with Crippen molar-refractivity contribution >= 4 is 20.3 Å². The summed E-state index contributed by atoms with van der Waals surface area (Å²) in [5.41, 5.74) is 1.71. The fourth-order valence-corrected chi connectivity index (χ4v) is 4.76. The Morgan fingerprint density at radius 2 is 1.79 bits per heavy atom. The predicted octanol–water partition coefficient (Wildman–Crippen LogP) is 6.02. The molecule has 1 fully saturated rings. The number of carbonyl (C=O) groups is 2. The Hall–Kier alpha value is -2.55. The maximum absolute atomic E-state index is 13.5. The van der Waals surface area contributed by atoms with Gasteiger partial charge in [0.05, 0.1) is 19.3 Å². The minimum absolute atomic E-state index is 0.00745. The SMILES string of the molecule is CC(C)(C)[Si](C)(C)O[C@@H](CCOCC(=O)N1C[C@H](c2ccccc2)OC1=O)c1ccc(F)cc1. The topological polar surface area (TPSA) is 65.1 Å². The average molecular weight is 488 g/mol. The summed E-state index contributed by atoms with van der Waals surface area (Å²) in [6.07, 6.45) is -0.912. The van der Waals surface area contributed by atoms with Crippen molar-refractivity contribution in [3.8, 4) is 0 Å². The molecule has 0 unspecified atom stereocenters. The van der Waals surface area contributed by atoms with Crippen LogP contribution in [0.25, 0.3) is 0 Å². The van der Waals surface area contributed by atoms with E-state index in [0.717, 1.165) is 16.0 Å². The van der Waals surface area contributed by atoms with Gasteiger partial charge in [-0.15, -0.1) is 0 Å². The second-order valence-electron chi connectivity index (χ2n) is 10.0. The molecule has 0 aromatic heterocycles. The van der Waals surface area contributed by atoms with E-state index in [9.17, 15) is 14.0 Å². The standard InChI is InChI=1S/C26H34FNO5Si/c1-26(2,3)34(4,5)33-22(20-11-13-21(27)14-12-20)15-16-31-18-24(29)28-17-23(32-25(28)30)19-9-7-6-8-10-19/h6-14,22-23H,15-18H2,1-5H3/t22-,23+/m0/s1. The van der Waals surface area contributed by atoms with Gasteiger partial charge < -0.3 is 13.9 Å². The molecular formula is C26H34FNO5Si. The van der Waals surface area contributed by atoms with Gasteiger partial charge >= 0.3 is 6.09 Å². The van der Waals surface area contributed by atoms with Gasteiger partial charge in [-0.1, -0.05) is 63.2 Å². The monoisotopic (exact) mass is 487 g/mol. The molecular weight excluding hydrogens is 453 g/mol. The minimum Gasteiger partial charge on any atom is -0.439 e. The molecule has 8 heteroatoms. The molecule has 2 aromatic carbocycles. The molecule has 1 saturated heterocycles. The van der Waals surface area contributed by atoms with Crippen LogP contribution in [0.15, 0.2) is 54.6 Å². The number of amides is 2. The Morgan fingerprint density at radius 1 is 1.15 bits per heavy atom. The van der Waals surface area contributed by atoms with Crippen molar-refractivity contribution in [1.82, 2.24) is 4.90 Å². The van der Waals surface area contributed by atoms with Crippen molar-refractivity contribution in [2.24, 2.45) is 0 Å². The largest absolute Gasteiger partial charge is 0.439 e. The first-order valence-electron chi connectivity index (χ1n) is 11.5. The van der Waals surface area contributed by atoms with E-state index in [1.807, 2.05) is 30.3 Å². The molecule has 1 heterocycles. The first kappa shape index (κ1) is 26.1. The quantitative estimate of drug-likeness (QED) is 0.320. The van der Waals surface area contributed by atoms with Crippen molar-refractivity contribution < 1.29 is 27.9 Å². The summed E-state index contributed by atoms with van der Waals surface area (Å²) in [7, 11) is -2.10. The maximum Gasteiger partial charge on any atom is 0.417 e. The molecule has 0 radical (unpaired) electrons. The lowest BCUT2D eigenvalue weighted by Crippen LogP contribution is -2.42. The highest BCUT2D eigenvalue weighted by molar-refractivity contribution is 6.74. The number of carbonyl (C=O) groups excluding carboxylic acids is 2. The Kier molecular flexibility index (Phi) is 8.28. The fraction of sp³-hybridized carbons (Fsp3) is 0.462. The van der Waals surface area contributed by atoms with Crippen LogP contribution in [0.4, 0.5) is 9.18 Å². The van der Waals surface area contributed by atoms with Gasteiger partial charge in [-0.25, -0.2) is 14.1 Å². The van der Waals surface area contributed by atoms with E-state index >= 15 is 0 Å². The predicted molar refractivity (Wildman–Crippen MR) is 130 cm³/mol. The third kappa shape index (κ3) is 6.52. The van der Waals surface area contributed by atoms with Gasteiger partial charge in [-0.05, 0) is 47.8 Å². The first-order chi connectivity index (χ1) is 16.0. The number of hydrogen-bond donors (Lipinski definition) is 0. The number of hydrogen-bond acceptors (Lipinski definition) is 5.